The molecule has 0 spiro atoms. The van der Waals surface area contributed by atoms with E-state index in [1.54, 1.807) is 11.8 Å². The Labute approximate surface area is 170 Å². The Morgan fingerprint density at radius 1 is 1.33 bits per heavy atom. The molecule has 0 radical (unpaired) electrons. The molecule has 2 saturated heterocycles. The summed E-state index contributed by atoms with van der Waals surface area (Å²) in [6.07, 6.45) is 4.32. The van der Waals surface area contributed by atoms with Crippen LogP contribution in [0.4, 0.5) is 0 Å². The van der Waals surface area contributed by atoms with E-state index in [1.165, 1.54) is 17.7 Å². The van der Waals surface area contributed by atoms with Gasteiger partial charge < -0.3 is 15.4 Å². The van der Waals surface area contributed by atoms with Crippen molar-refractivity contribution in [1.29, 1.82) is 0 Å². The van der Waals surface area contributed by atoms with E-state index in [4.69, 9.17) is 16.3 Å². The predicted molar refractivity (Wildman–Crippen MR) is 113 cm³/mol. The van der Waals surface area contributed by atoms with Crippen LogP contribution in [0.3, 0.4) is 0 Å². The Balaban J connectivity index is 0.00000208. The molecule has 3 atom stereocenters. The van der Waals surface area contributed by atoms with Gasteiger partial charge in [-0.1, -0.05) is 11.6 Å². The van der Waals surface area contributed by atoms with E-state index in [-0.39, 0.29) is 24.0 Å². The Morgan fingerprint density at radius 3 is 2.75 bits per heavy atom. The number of hydrogen-bond donors (Lipinski definition) is 2. The maximum atomic E-state index is 5.90. The highest BCUT2D eigenvalue weighted by Crippen LogP contribution is 2.34. The molecule has 0 amide bonds. The second kappa shape index (κ2) is 10.1. The minimum absolute atomic E-state index is 0. The van der Waals surface area contributed by atoms with Crippen molar-refractivity contribution in [3.63, 3.8) is 0 Å². The number of halogens is 2. The lowest BCUT2D eigenvalue weighted by Gasteiger charge is -2.22. The van der Waals surface area contributed by atoms with Crippen LogP contribution in [-0.4, -0.2) is 43.1 Å². The van der Waals surface area contributed by atoms with Crippen LogP contribution in [-0.2, 0) is 4.74 Å². The third kappa shape index (κ3) is 5.68. The molecule has 1 aromatic rings. The molecule has 4 nitrogen and oxygen atoms in total. The summed E-state index contributed by atoms with van der Waals surface area (Å²) in [7, 11) is 0. The van der Waals surface area contributed by atoms with Gasteiger partial charge in [-0.2, -0.15) is 0 Å². The van der Waals surface area contributed by atoms with Gasteiger partial charge in [-0.3, -0.25) is 4.99 Å². The van der Waals surface area contributed by atoms with Crippen molar-refractivity contribution in [3.8, 4) is 0 Å². The molecule has 7 heteroatoms. The summed E-state index contributed by atoms with van der Waals surface area (Å²) in [6.45, 7) is 3.75. The molecular weight excluding hydrogens is 457 g/mol. The highest BCUT2D eigenvalue weighted by Gasteiger charge is 2.41. The van der Waals surface area contributed by atoms with Gasteiger partial charge in [0.1, 0.15) is 0 Å². The predicted octanol–water partition coefficient (Wildman–Crippen LogP) is 3.93. The quantitative estimate of drug-likeness (QED) is 0.212. The van der Waals surface area contributed by atoms with Crippen molar-refractivity contribution in [2.75, 3.05) is 18.8 Å². The lowest BCUT2D eigenvalue weighted by molar-refractivity contribution is 0.0992. The van der Waals surface area contributed by atoms with Gasteiger partial charge in [0.15, 0.2) is 5.96 Å². The number of fused-ring (bicyclic) bond motifs is 2. The van der Waals surface area contributed by atoms with Crippen molar-refractivity contribution in [3.05, 3.63) is 29.3 Å². The summed E-state index contributed by atoms with van der Waals surface area (Å²) in [5.74, 6) is 1.86. The first-order chi connectivity index (χ1) is 11.2. The molecule has 0 aromatic heterocycles. The number of guanidine groups is 1. The van der Waals surface area contributed by atoms with Crippen LogP contribution < -0.4 is 10.6 Å². The van der Waals surface area contributed by atoms with Crippen LogP contribution in [0.15, 0.2) is 34.2 Å². The Kier molecular flexibility index (Phi) is 8.46. The number of thioether (sulfide) groups is 1. The van der Waals surface area contributed by atoms with Crippen LogP contribution in [0, 0.1) is 0 Å². The van der Waals surface area contributed by atoms with Crippen LogP contribution in [0.2, 0.25) is 5.02 Å². The van der Waals surface area contributed by atoms with E-state index in [2.05, 4.69) is 22.5 Å². The number of aliphatic imine (C=N–C) groups is 1. The minimum Gasteiger partial charge on any atom is -0.373 e. The third-order valence-corrected chi connectivity index (χ3v) is 5.46. The van der Waals surface area contributed by atoms with Crippen LogP contribution in [0.5, 0.6) is 0 Å². The largest absolute Gasteiger partial charge is 0.373 e. The smallest absolute Gasteiger partial charge is 0.191 e. The van der Waals surface area contributed by atoms with Crippen molar-refractivity contribution >= 4 is 53.3 Å². The first kappa shape index (κ1) is 20.1. The summed E-state index contributed by atoms with van der Waals surface area (Å²) in [4.78, 5) is 5.91. The zero-order valence-electron chi connectivity index (χ0n) is 13.8. The number of ether oxygens (including phenoxy) is 1. The zero-order chi connectivity index (χ0) is 16.1. The summed E-state index contributed by atoms with van der Waals surface area (Å²) >= 11 is 7.70. The average Bonchev–Trinajstić information content (AvgIpc) is 3.16. The fourth-order valence-corrected chi connectivity index (χ4v) is 4.01. The molecule has 3 rings (SSSR count). The highest BCUT2D eigenvalue weighted by atomic mass is 127. The van der Waals surface area contributed by atoms with Crippen LogP contribution in [0.1, 0.15) is 26.2 Å². The maximum Gasteiger partial charge on any atom is 0.191 e. The summed E-state index contributed by atoms with van der Waals surface area (Å²) in [5.41, 5.74) is 0. The van der Waals surface area contributed by atoms with Crippen molar-refractivity contribution in [1.82, 2.24) is 10.6 Å². The van der Waals surface area contributed by atoms with Gasteiger partial charge in [0.25, 0.3) is 0 Å². The zero-order valence-corrected chi connectivity index (χ0v) is 17.7. The summed E-state index contributed by atoms with van der Waals surface area (Å²) in [5, 5.41) is 7.65. The molecule has 2 aliphatic rings. The lowest BCUT2D eigenvalue weighted by Crippen LogP contribution is -2.47. The molecule has 2 fully saturated rings. The molecule has 24 heavy (non-hydrogen) atoms. The van der Waals surface area contributed by atoms with E-state index in [0.29, 0.717) is 18.2 Å². The van der Waals surface area contributed by atoms with Gasteiger partial charge in [0.05, 0.1) is 24.8 Å². The van der Waals surface area contributed by atoms with Gasteiger partial charge in [-0.15, -0.1) is 35.7 Å². The van der Waals surface area contributed by atoms with Crippen molar-refractivity contribution in [2.45, 2.75) is 49.3 Å². The fraction of sp³-hybridized carbons (Fsp3) is 0.588. The van der Waals surface area contributed by atoms with Gasteiger partial charge in [-0.05, 0) is 50.5 Å². The third-order valence-electron chi connectivity index (χ3n) is 4.22. The van der Waals surface area contributed by atoms with E-state index >= 15 is 0 Å². The number of rotatable bonds is 6. The Bertz CT molecular complexity index is 543. The highest BCUT2D eigenvalue weighted by molar-refractivity contribution is 14.0. The number of benzene rings is 1. The van der Waals surface area contributed by atoms with Crippen molar-refractivity contribution in [2.24, 2.45) is 4.99 Å². The van der Waals surface area contributed by atoms with E-state index < -0.39 is 0 Å². The molecular formula is C17H25ClIN3OS. The first-order valence-corrected chi connectivity index (χ1v) is 9.69. The molecule has 2 aliphatic heterocycles. The second-order valence-corrected chi connectivity index (χ2v) is 7.53. The lowest BCUT2D eigenvalue weighted by atomic mass is 9.96. The molecule has 0 aliphatic carbocycles. The molecule has 1 aromatic carbocycles. The molecule has 2 heterocycles. The fourth-order valence-electron chi connectivity index (χ4n) is 3.14. The molecule has 134 valence electrons. The minimum atomic E-state index is 0. The maximum absolute atomic E-state index is 5.90. The van der Waals surface area contributed by atoms with Gasteiger partial charge in [0, 0.05) is 22.2 Å². The molecule has 0 saturated carbocycles. The van der Waals surface area contributed by atoms with Gasteiger partial charge in [-0.25, -0.2) is 0 Å². The Hall–Kier alpha value is -0.180. The first-order valence-electron chi connectivity index (χ1n) is 8.33. The Morgan fingerprint density at radius 2 is 2.12 bits per heavy atom. The van der Waals surface area contributed by atoms with Crippen LogP contribution >= 0.6 is 47.3 Å². The van der Waals surface area contributed by atoms with Crippen molar-refractivity contribution < 1.29 is 4.74 Å². The average molecular weight is 482 g/mol. The van der Waals surface area contributed by atoms with Gasteiger partial charge >= 0.3 is 0 Å². The van der Waals surface area contributed by atoms with E-state index in [0.717, 1.165) is 36.2 Å². The monoisotopic (exact) mass is 481 g/mol. The van der Waals surface area contributed by atoms with E-state index in [1.807, 2.05) is 24.3 Å². The second-order valence-electron chi connectivity index (χ2n) is 5.92. The van der Waals surface area contributed by atoms with E-state index in [9.17, 15) is 0 Å². The summed E-state index contributed by atoms with van der Waals surface area (Å²) in [6, 6.07) is 8.36. The SMILES string of the molecule is CCNC(=NCCSc1ccc(Cl)cc1)NC1CC2CCC1O2.I. The number of nitrogens with zero attached hydrogens (tertiary/aromatic N) is 1. The normalized spacial score (nSPS) is 25.4. The summed E-state index contributed by atoms with van der Waals surface area (Å²) < 4.78 is 5.90. The van der Waals surface area contributed by atoms with Gasteiger partial charge in [0.2, 0.25) is 0 Å². The topological polar surface area (TPSA) is 45.7 Å². The molecule has 2 N–H and O–H groups in total. The molecule has 2 bridgehead atoms. The number of hydrogen-bond acceptors (Lipinski definition) is 3. The molecule has 3 unspecified atom stereocenters. The van der Waals surface area contributed by atoms with Crippen LogP contribution in [0.25, 0.3) is 0 Å². The standard InChI is InChI=1S/C17H24ClN3OS.HI/c1-2-19-17(21-15-11-13-5-8-16(15)22-13)20-9-10-23-14-6-3-12(18)4-7-14;/h3-4,6-7,13,15-16H,2,5,8-11H2,1H3,(H2,19,20,21);1H. The number of nitrogens with one attached hydrogen (secondary N) is 2.